The number of hydrogen-bond donors (Lipinski definition) is 0. The molecule has 0 fully saturated rings. The van der Waals surface area contributed by atoms with Crippen molar-refractivity contribution in [1.82, 2.24) is 4.98 Å². The average Bonchev–Trinajstić information content (AvgIpc) is 2.35. The highest BCUT2D eigenvalue weighted by Crippen LogP contribution is 2.26. The van der Waals surface area contributed by atoms with Crippen LogP contribution in [-0.2, 0) is 0 Å². The Morgan fingerprint density at radius 1 is 1.06 bits per heavy atom. The Morgan fingerprint density at radius 2 is 1.83 bits per heavy atom. The van der Waals surface area contributed by atoms with Gasteiger partial charge in [0, 0.05) is 16.8 Å². The highest BCUT2D eigenvalue weighted by atomic mass is 35.5. The standard InChI is InChI=1S/C16H16ClN/c1-4-5-16-12(3)8-14(10-18-16)13-7-6-11(2)15(17)9-13/h4-10H,1-3H3/b5-4-. The maximum atomic E-state index is 6.15. The minimum Gasteiger partial charge on any atom is -0.256 e. The molecule has 0 atom stereocenters. The quantitative estimate of drug-likeness (QED) is 0.733. The maximum absolute atomic E-state index is 6.15. The van der Waals surface area contributed by atoms with Crippen molar-refractivity contribution in [2.75, 3.05) is 0 Å². The summed E-state index contributed by atoms with van der Waals surface area (Å²) in [4.78, 5) is 4.47. The van der Waals surface area contributed by atoms with Gasteiger partial charge in [0.2, 0.25) is 0 Å². The van der Waals surface area contributed by atoms with Gasteiger partial charge in [-0.1, -0.05) is 29.8 Å². The van der Waals surface area contributed by atoms with Crippen LogP contribution in [0.5, 0.6) is 0 Å². The normalized spacial score (nSPS) is 11.1. The summed E-state index contributed by atoms with van der Waals surface area (Å²) >= 11 is 6.15. The molecule has 0 saturated carbocycles. The minimum atomic E-state index is 0.794. The van der Waals surface area contributed by atoms with Crippen LogP contribution in [0.15, 0.2) is 36.5 Å². The van der Waals surface area contributed by atoms with E-state index in [0.29, 0.717) is 0 Å². The first kappa shape index (κ1) is 12.8. The Labute approximate surface area is 113 Å². The lowest BCUT2D eigenvalue weighted by molar-refractivity contribution is 1.24. The molecule has 2 rings (SSSR count). The van der Waals surface area contributed by atoms with Gasteiger partial charge in [-0.3, -0.25) is 4.98 Å². The second-order valence-electron chi connectivity index (χ2n) is 4.39. The van der Waals surface area contributed by atoms with Gasteiger partial charge in [-0.2, -0.15) is 0 Å². The molecule has 2 aromatic rings. The molecule has 1 aromatic carbocycles. The molecule has 92 valence electrons. The van der Waals surface area contributed by atoms with Gasteiger partial charge in [-0.25, -0.2) is 0 Å². The molecule has 0 aliphatic rings. The lowest BCUT2D eigenvalue weighted by Gasteiger charge is -2.07. The smallest absolute Gasteiger partial charge is 0.0655 e. The number of allylic oxidation sites excluding steroid dienone is 1. The molecule has 1 heterocycles. The molecular formula is C16H16ClN. The van der Waals surface area contributed by atoms with Crippen molar-refractivity contribution in [3.05, 3.63) is 58.4 Å². The maximum Gasteiger partial charge on any atom is 0.0655 e. The number of aryl methyl sites for hydroxylation is 2. The van der Waals surface area contributed by atoms with Crippen LogP contribution >= 0.6 is 11.6 Å². The first-order valence-electron chi connectivity index (χ1n) is 5.97. The summed E-state index contributed by atoms with van der Waals surface area (Å²) in [5.41, 5.74) is 5.48. The zero-order valence-electron chi connectivity index (χ0n) is 10.9. The van der Waals surface area contributed by atoms with Crippen molar-refractivity contribution in [3.8, 4) is 11.1 Å². The molecule has 0 spiro atoms. The summed E-state index contributed by atoms with van der Waals surface area (Å²) in [5, 5.41) is 0.794. The summed E-state index contributed by atoms with van der Waals surface area (Å²) in [6, 6.07) is 8.24. The molecule has 0 N–H and O–H groups in total. The number of halogens is 1. The van der Waals surface area contributed by atoms with Crippen molar-refractivity contribution in [3.63, 3.8) is 0 Å². The van der Waals surface area contributed by atoms with Gasteiger partial charge < -0.3 is 0 Å². The fourth-order valence-corrected chi connectivity index (χ4v) is 2.03. The third-order valence-electron chi connectivity index (χ3n) is 2.95. The topological polar surface area (TPSA) is 12.9 Å². The molecular weight excluding hydrogens is 242 g/mol. The van der Waals surface area contributed by atoms with Crippen molar-refractivity contribution < 1.29 is 0 Å². The zero-order valence-corrected chi connectivity index (χ0v) is 11.6. The largest absolute Gasteiger partial charge is 0.256 e. The van der Waals surface area contributed by atoms with Crippen LogP contribution in [0.4, 0.5) is 0 Å². The first-order valence-corrected chi connectivity index (χ1v) is 6.35. The van der Waals surface area contributed by atoms with E-state index < -0.39 is 0 Å². The van der Waals surface area contributed by atoms with Crippen LogP contribution in [0.2, 0.25) is 5.02 Å². The molecule has 0 radical (unpaired) electrons. The SMILES string of the molecule is C/C=C\c1ncc(-c2ccc(C)c(Cl)c2)cc1C. The van der Waals surface area contributed by atoms with Gasteiger partial charge in [-0.05, 0) is 55.7 Å². The third-order valence-corrected chi connectivity index (χ3v) is 3.36. The van der Waals surface area contributed by atoms with E-state index >= 15 is 0 Å². The predicted octanol–water partition coefficient (Wildman–Crippen LogP) is 5.05. The monoisotopic (exact) mass is 257 g/mol. The Morgan fingerprint density at radius 3 is 2.44 bits per heavy atom. The lowest BCUT2D eigenvalue weighted by atomic mass is 10.0. The van der Waals surface area contributed by atoms with E-state index in [1.54, 1.807) is 0 Å². The molecule has 0 saturated heterocycles. The van der Waals surface area contributed by atoms with Gasteiger partial charge in [0.25, 0.3) is 0 Å². The molecule has 0 aliphatic carbocycles. The lowest BCUT2D eigenvalue weighted by Crippen LogP contribution is -1.89. The Balaban J connectivity index is 2.45. The summed E-state index contributed by atoms with van der Waals surface area (Å²) in [6.45, 7) is 6.07. The molecule has 18 heavy (non-hydrogen) atoms. The minimum absolute atomic E-state index is 0.794. The highest BCUT2D eigenvalue weighted by molar-refractivity contribution is 6.31. The number of nitrogens with zero attached hydrogens (tertiary/aromatic N) is 1. The first-order chi connectivity index (χ1) is 8.61. The Hall–Kier alpha value is -1.60. The summed E-state index contributed by atoms with van der Waals surface area (Å²) in [7, 11) is 0. The van der Waals surface area contributed by atoms with E-state index in [1.807, 2.05) is 44.3 Å². The molecule has 0 unspecified atom stereocenters. The second kappa shape index (κ2) is 5.36. The summed E-state index contributed by atoms with van der Waals surface area (Å²) in [5.74, 6) is 0. The van der Waals surface area contributed by atoms with E-state index in [-0.39, 0.29) is 0 Å². The number of aromatic nitrogens is 1. The van der Waals surface area contributed by atoms with Crippen LogP contribution in [0, 0.1) is 13.8 Å². The number of benzene rings is 1. The Bertz CT molecular complexity index is 600. The van der Waals surface area contributed by atoms with Crippen LogP contribution in [0.1, 0.15) is 23.7 Å². The predicted molar refractivity (Wildman–Crippen MR) is 78.9 cm³/mol. The van der Waals surface area contributed by atoms with Crippen LogP contribution in [0.25, 0.3) is 17.2 Å². The van der Waals surface area contributed by atoms with Gasteiger partial charge in [0.1, 0.15) is 0 Å². The van der Waals surface area contributed by atoms with Gasteiger partial charge in [0.15, 0.2) is 0 Å². The summed E-state index contributed by atoms with van der Waals surface area (Å²) in [6.07, 6.45) is 5.91. The molecule has 0 aliphatic heterocycles. The van der Waals surface area contributed by atoms with Crippen LogP contribution in [-0.4, -0.2) is 4.98 Å². The second-order valence-corrected chi connectivity index (χ2v) is 4.80. The van der Waals surface area contributed by atoms with Crippen molar-refractivity contribution >= 4 is 17.7 Å². The zero-order chi connectivity index (χ0) is 13.1. The highest BCUT2D eigenvalue weighted by Gasteiger charge is 2.03. The molecule has 1 aromatic heterocycles. The molecule has 0 amide bonds. The van der Waals surface area contributed by atoms with E-state index in [2.05, 4.69) is 24.0 Å². The third kappa shape index (κ3) is 2.62. The Kier molecular flexibility index (Phi) is 3.83. The fourth-order valence-electron chi connectivity index (χ4n) is 1.85. The number of pyridine rings is 1. The molecule has 2 heteroatoms. The van der Waals surface area contributed by atoms with Gasteiger partial charge in [-0.15, -0.1) is 0 Å². The summed E-state index contributed by atoms with van der Waals surface area (Å²) < 4.78 is 0. The van der Waals surface area contributed by atoms with Gasteiger partial charge in [0.05, 0.1) is 5.69 Å². The average molecular weight is 258 g/mol. The fraction of sp³-hybridized carbons (Fsp3) is 0.188. The molecule has 0 bridgehead atoms. The van der Waals surface area contributed by atoms with Crippen molar-refractivity contribution in [2.45, 2.75) is 20.8 Å². The van der Waals surface area contributed by atoms with Crippen molar-refractivity contribution in [1.29, 1.82) is 0 Å². The van der Waals surface area contributed by atoms with E-state index in [0.717, 1.165) is 27.4 Å². The number of hydrogen-bond acceptors (Lipinski definition) is 1. The van der Waals surface area contributed by atoms with Crippen molar-refractivity contribution in [2.24, 2.45) is 0 Å². The number of rotatable bonds is 2. The van der Waals surface area contributed by atoms with E-state index in [4.69, 9.17) is 11.6 Å². The van der Waals surface area contributed by atoms with E-state index in [9.17, 15) is 0 Å². The van der Waals surface area contributed by atoms with Gasteiger partial charge >= 0.3 is 0 Å². The van der Waals surface area contributed by atoms with Crippen LogP contribution in [0.3, 0.4) is 0 Å². The van der Waals surface area contributed by atoms with E-state index in [1.165, 1.54) is 5.56 Å². The van der Waals surface area contributed by atoms with Crippen LogP contribution < -0.4 is 0 Å². The molecule has 1 nitrogen and oxygen atoms in total.